The number of nitrogens with zero attached hydrogens (tertiary/aromatic N) is 6. The fraction of sp³-hybridized carbons (Fsp3) is 0.700. The summed E-state index contributed by atoms with van der Waals surface area (Å²) in [6, 6.07) is 0. The molecule has 0 radical (unpaired) electrons. The van der Waals surface area contributed by atoms with Crippen LogP contribution >= 0.6 is 0 Å². The average Bonchev–Trinajstić information content (AvgIpc) is 3.18. The van der Waals surface area contributed by atoms with Gasteiger partial charge in [-0.25, -0.2) is 0 Å². The topological polar surface area (TPSA) is 73.5 Å². The van der Waals surface area contributed by atoms with Gasteiger partial charge in [0.05, 0.1) is 17.8 Å². The van der Waals surface area contributed by atoms with Crippen LogP contribution in [0.25, 0.3) is 0 Å². The van der Waals surface area contributed by atoms with Gasteiger partial charge in [-0.15, -0.1) is 16.8 Å². The average molecular weight is 368 g/mol. The lowest BCUT2D eigenvalue weighted by Gasteiger charge is -2.61. The Labute approximate surface area is 160 Å². The molecule has 2 aromatic heterocycles. The molecule has 144 valence electrons. The molecule has 4 aliphatic carbocycles. The SMILES string of the molecule is C=CCn1cc(CNC23C[C@@H]4C[C@@H](C2)CC(n2nnc(C)n2)(C4)C3)c(C)n1. The van der Waals surface area contributed by atoms with E-state index in [0.29, 0.717) is 0 Å². The number of aryl methyl sites for hydroxylation is 2. The molecule has 2 heterocycles. The zero-order chi connectivity index (χ0) is 18.6. The van der Waals surface area contributed by atoms with Gasteiger partial charge in [-0.05, 0) is 69.4 Å². The van der Waals surface area contributed by atoms with Crippen LogP contribution in [0.4, 0.5) is 0 Å². The maximum absolute atomic E-state index is 4.63. The Morgan fingerprint density at radius 3 is 2.67 bits per heavy atom. The van der Waals surface area contributed by atoms with Crippen LogP contribution in [0.2, 0.25) is 0 Å². The number of aromatic nitrogens is 6. The third-order valence-electron chi connectivity index (χ3n) is 6.99. The number of tetrazole rings is 1. The van der Waals surface area contributed by atoms with Crippen LogP contribution in [0.15, 0.2) is 18.9 Å². The van der Waals surface area contributed by atoms with Crippen LogP contribution < -0.4 is 5.32 Å². The first kappa shape index (κ1) is 17.1. The molecule has 1 N–H and O–H groups in total. The van der Waals surface area contributed by atoms with Crippen molar-refractivity contribution in [3.8, 4) is 0 Å². The van der Waals surface area contributed by atoms with Crippen LogP contribution in [-0.4, -0.2) is 35.5 Å². The van der Waals surface area contributed by atoms with Crippen LogP contribution in [0.5, 0.6) is 0 Å². The molecule has 4 bridgehead atoms. The van der Waals surface area contributed by atoms with E-state index in [9.17, 15) is 0 Å². The molecule has 0 unspecified atom stereocenters. The van der Waals surface area contributed by atoms with Gasteiger partial charge in [-0.3, -0.25) is 4.68 Å². The van der Waals surface area contributed by atoms with Crippen LogP contribution in [0.3, 0.4) is 0 Å². The minimum atomic E-state index is 0.0560. The van der Waals surface area contributed by atoms with Crippen molar-refractivity contribution in [3.63, 3.8) is 0 Å². The van der Waals surface area contributed by atoms with Crippen LogP contribution in [0.1, 0.15) is 55.6 Å². The van der Waals surface area contributed by atoms with Crippen molar-refractivity contribution in [3.05, 3.63) is 35.9 Å². The molecule has 2 aromatic rings. The lowest BCUT2D eigenvalue weighted by molar-refractivity contribution is -0.0854. The molecule has 7 nitrogen and oxygen atoms in total. The molecule has 0 amide bonds. The van der Waals surface area contributed by atoms with E-state index >= 15 is 0 Å². The van der Waals surface area contributed by atoms with Crippen molar-refractivity contribution >= 4 is 0 Å². The molecule has 0 aliphatic heterocycles. The summed E-state index contributed by atoms with van der Waals surface area (Å²) in [6.45, 7) is 9.48. The van der Waals surface area contributed by atoms with Crippen molar-refractivity contribution in [2.45, 2.75) is 76.5 Å². The summed E-state index contributed by atoms with van der Waals surface area (Å²) in [5, 5.41) is 21.8. The van der Waals surface area contributed by atoms with E-state index in [-0.39, 0.29) is 11.1 Å². The van der Waals surface area contributed by atoms with E-state index < -0.39 is 0 Å². The Hall–Kier alpha value is -2.02. The van der Waals surface area contributed by atoms with Crippen LogP contribution in [-0.2, 0) is 18.6 Å². The summed E-state index contributed by atoms with van der Waals surface area (Å²) in [5.41, 5.74) is 2.65. The zero-order valence-electron chi connectivity index (χ0n) is 16.4. The van der Waals surface area contributed by atoms with E-state index in [1.54, 1.807) is 0 Å². The van der Waals surface area contributed by atoms with E-state index in [0.717, 1.165) is 42.9 Å². The Kier molecular flexibility index (Phi) is 3.79. The third kappa shape index (κ3) is 2.83. The van der Waals surface area contributed by atoms with Gasteiger partial charge in [0.2, 0.25) is 0 Å². The predicted molar refractivity (Wildman–Crippen MR) is 102 cm³/mol. The number of hydrogen-bond donors (Lipinski definition) is 1. The second-order valence-corrected chi connectivity index (χ2v) is 9.20. The molecule has 4 fully saturated rings. The van der Waals surface area contributed by atoms with Gasteiger partial charge in [0.1, 0.15) is 0 Å². The Morgan fingerprint density at radius 1 is 1.22 bits per heavy atom. The number of allylic oxidation sites excluding steroid dienone is 1. The number of hydrogen-bond acceptors (Lipinski definition) is 5. The molecular weight excluding hydrogens is 338 g/mol. The van der Waals surface area contributed by atoms with Gasteiger partial charge in [-0.1, -0.05) is 6.08 Å². The molecule has 27 heavy (non-hydrogen) atoms. The van der Waals surface area contributed by atoms with Crippen molar-refractivity contribution in [2.75, 3.05) is 0 Å². The Bertz CT molecular complexity index is 850. The third-order valence-corrected chi connectivity index (χ3v) is 6.99. The van der Waals surface area contributed by atoms with Gasteiger partial charge in [-0.2, -0.15) is 9.90 Å². The highest BCUT2D eigenvalue weighted by molar-refractivity contribution is 5.18. The minimum absolute atomic E-state index is 0.0560. The van der Waals surface area contributed by atoms with E-state index in [1.165, 1.54) is 37.7 Å². The first-order chi connectivity index (χ1) is 13.0. The van der Waals surface area contributed by atoms with E-state index in [4.69, 9.17) is 0 Å². The maximum atomic E-state index is 4.63. The fourth-order valence-corrected chi connectivity index (χ4v) is 6.38. The summed E-state index contributed by atoms with van der Waals surface area (Å²) in [5.74, 6) is 2.32. The summed E-state index contributed by atoms with van der Waals surface area (Å²) < 4.78 is 1.97. The second-order valence-electron chi connectivity index (χ2n) is 9.20. The summed E-state index contributed by atoms with van der Waals surface area (Å²) in [6.07, 6.45) is 11.5. The molecular formula is C20H29N7. The molecule has 0 saturated heterocycles. The van der Waals surface area contributed by atoms with Gasteiger partial charge in [0.15, 0.2) is 5.82 Å². The first-order valence-electron chi connectivity index (χ1n) is 10.2. The second kappa shape index (κ2) is 5.99. The standard InChI is InChI=1S/C20H29N7/c1-4-5-26-12-18(14(2)23-26)11-21-19-7-16-6-17(8-19)10-20(9-16,13-19)27-24-15(3)22-25-27/h4,12,16-17,21H,1,5-11,13H2,2-3H3/t16-,17-,19?,20?/m0/s1. The quantitative estimate of drug-likeness (QED) is 0.794. The van der Waals surface area contributed by atoms with Gasteiger partial charge in [0.25, 0.3) is 0 Å². The van der Waals surface area contributed by atoms with Gasteiger partial charge in [0, 0.05) is 23.8 Å². The van der Waals surface area contributed by atoms with Crippen LogP contribution in [0, 0.1) is 25.7 Å². The Balaban J connectivity index is 1.39. The highest BCUT2D eigenvalue weighted by Crippen LogP contribution is 2.60. The molecule has 0 aromatic carbocycles. The molecule has 6 rings (SSSR count). The normalized spacial score (nSPS) is 34.3. The monoisotopic (exact) mass is 367 g/mol. The maximum Gasteiger partial charge on any atom is 0.171 e. The smallest absolute Gasteiger partial charge is 0.171 e. The zero-order valence-corrected chi connectivity index (χ0v) is 16.4. The molecule has 4 saturated carbocycles. The van der Waals surface area contributed by atoms with Gasteiger partial charge >= 0.3 is 0 Å². The fourth-order valence-electron chi connectivity index (χ4n) is 6.38. The Morgan fingerprint density at radius 2 is 2.00 bits per heavy atom. The summed E-state index contributed by atoms with van der Waals surface area (Å²) in [4.78, 5) is 1.96. The van der Waals surface area contributed by atoms with Crippen molar-refractivity contribution in [1.82, 2.24) is 35.3 Å². The molecule has 2 atom stereocenters. The molecule has 0 spiro atoms. The highest BCUT2D eigenvalue weighted by atomic mass is 15.6. The van der Waals surface area contributed by atoms with E-state index in [1.807, 2.05) is 22.5 Å². The summed E-state index contributed by atoms with van der Waals surface area (Å²) in [7, 11) is 0. The first-order valence-corrected chi connectivity index (χ1v) is 10.2. The number of nitrogens with one attached hydrogen (secondary N) is 1. The van der Waals surface area contributed by atoms with Crippen molar-refractivity contribution < 1.29 is 0 Å². The lowest BCUT2D eigenvalue weighted by Crippen LogP contribution is -2.65. The van der Waals surface area contributed by atoms with Gasteiger partial charge < -0.3 is 5.32 Å². The molecule has 7 heteroatoms. The molecule has 4 aliphatic rings. The lowest BCUT2D eigenvalue weighted by atomic mass is 9.50. The van der Waals surface area contributed by atoms with Crippen molar-refractivity contribution in [2.24, 2.45) is 11.8 Å². The van der Waals surface area contributed by atoms with Crippen molar-refractivity contribution in [1.29, 1.82) is 0 Å². The minimum Gasteiger partial charge on any atom is -0.307 e. The highest BCUT2D eigenvalue weighted by Gasteiger charge is 2.59. The predicted octanol–water partition coefficient (Wildman–Crippen LogP) is 2.51. The largest absolute Gasteiger partial charge is 0.307 e. The van der Waals surface area contributed by atoms with E-state index in [2.05, 4.69) is 45.5 Å². The summed E-state index contributed by atoms with van der Waals surface area (Å²) >= 11 is 0. The number of rotatable bonds is 6.